The summed E-state index contributed by atoms with van der Waals surface area (Å²) in [7, 11) is 1.51. The van der Waals surface area contributed by atoms with Gasteiger partial charge in [0.25, 0.3) is 0 Å². The first-order valence-corrected chi connectivity index (χ1v) is 8.04. The van der Waals surface area contributed by atoms with E-state index < -0.39 is 0 Å². The number of nitrogen functional groups attached to an aromatic ring is 1. The molecular weight excluding hydrogens is 322 g/mol. The van der Waals surface area contributed by atoms with Gasteiger partial charge in [0.2, 0.25) is 0 Å². The Balaban J connectivity index is 1.89. The second-order valence-electron chi connectivity index (χ2n) is 5.94. The molecular formula is C15H19N9O. The molecule has 4 N–H and O–H groups in total. The molecule has 4 rings (SSSR count). The fourth-order valence-electron chi connectivity index (χ4n) is 3.09. The van der Waals surface area contributed by atoms with Gasteiger partial charge in [-0.25, -0.2) is 15.0 Å². The van der Waals surface area contributed by atoms with Crippen LogP contribution in [0.5, 0.6) is 6.01 Å². The highest BCUT2D eigenvalue weighted by Gasteiger charge is 2.25. The van der Waals surface area contributed by atoms with Gasteiger partial charge in [-0.3, -0.25) is 0 Å². The van der Waals surface area contributed by atoms with Crippen molar-refractivity contribution in [3.05, 3.63) is 18.6 Å². The smallest absolute Gasteiger partial charge is 0.318 e. The Kier molecular flexibility index (Phi) is 3.80. The third-order valence-electron chi connectivity index (χ3n) is 4.25. The van der Waals surface area contributed by atoms with E-state index in [2.05, 4.69) is 24.8 Å². The van der Waals surface area contributed by atoms with E-state index >= 15 is 0 Å². The van der Waals surface area contributed by atoms with E-state index in [9.17, 15) is 0 Å². The third-order valence-corrected chi connectivity index (χ3v) is 4.25. The Morgan fingerprint density at radius 3 is 2.96 bits per heavy atom. The number of nitrogens with zero attached hydrogens (tertiary/aromatic N) is 7. The van der Waals surface area contributed by atoms with Crippen molar-refractivity contribution in [2.24, 2.45) is 5.73 Å². The third kappa shape index (κ3) is 2.70. The van der Waals surface area contributed by atoms with Crippen LogP contribution in [0.3, 0.4) is 0 Å². The minimum Gasteiger partial charge on any atom is -0.467 e. The van der Waals surface area contributed by atoms with E-state index in [0.29, 0.717) is 29.2 Å². The van der Waals surface area contributed by atoms with Crippen LogP contribution >= 0.6 is 0 Å². The maximum Gasteiger partial charge on any atom is 0.318 e. The van der Waals surface area contributed by atoms with E-state index in [1.807, 2.05) is 0 Å². The van der Waals surface area contributed by atoms with Crippen molar-refractivity contribution in [1.29, 1.82) is 0 Å². The minimum atomic E-state index is 0.110. The van der Waals surface area contributed by atoms with Crippen LogP contribution in [0.2, 0.25) is 0 Å². The van der Waals surface area contributed by atoms with Crippen LogP contribution in [-0.2, 0) is 0 Å². The summed E-state index contributed by atoms with van der Waals surface area (Å²) in [6.07, 6.45) is 5.03. The Morgan fingerprint density at radius 2 is 2.16 bits per heavy atom. The van der Waals surface area contributed by atoms with Crippen LogP contribution in [0.15, 0.2) is 18.6 Å². The zero-order valence-corrected chi connectivity index (χ0v) is 13.8. The van der Waals surface area contributed by atoms with Crippen LogP contribution in [0, 0.1) is 0 Å². The van der Waals surface area contributed by atoms with Crippen molar-refractivity contribution in [2.75, 3.05) is 30.8 Å². The molecule has 1 aliphatic rings. The van der Waals surface area contributed by atoms with Crippen molar-refractivity contribution in [3.63, 3.8) is 0 Å². The lowest BCUT2D eigenvalue weighted by atomic mass is 10.1. The SMILES string of the molecule is COc1nccc(-n2nc(N3CCC[C@@H](N)C3)c3c(N)ncnc32)n1. The molecule has 10 nitrogen and oxygen atoms in total. The lowest BCUT2D eigenvalue weighted by molar-refractivity contribution is 0.379. The van der Waals surface area contributed by atoms with Gasteiger partial charge in [0.05, 0.1) is 7.11 Å². The monoisotopic (exact) mass is 341 g/mol. The van der Waals surface area contributed by atoms with Crippen molar-refractivity contribution < 1.29 is 4.74 Å². The van der Waals surface area contributed by atoms with Crippen LogP contribution in [0.1, 0.15) is 12.8 Å². The molecule has 4 heterocycles. The number of anilines is 2. The first kappa shape index (κ1) is 15.5. The van der Waals surface area contributed by atoms with E-state index in [1.54, 1.807) is 16.9 Å². The number of piperidine rings is 1. The summed E-state index contributed by atoms with van der Waals surface area (Å²) in [5, 5.41) is 5.42. The molecule has 130 valence electrons. The highest BCUT2D eigenvalue weighted by molar-refractivity contribution is 5.96. The van der Waals surface area contributed by atoms with Crippen LogP contribution in [-0.4, -0.2) is 56.0 Å². The van der Waals surface area contributed by atoms with Crippen molar-refractivity contribution in [1.82, 2.24) is 29.7 Å². The molecule has 0 aromatic carbocycles. The highest BCUT2D eigenvalue weighted by Crippen LogP contribution is 2.31. The Labute approximate surface area is 143 Å². The molecule has 0 amide bonds. The Bertz CT molecular complexity index is 909. The Morgan fingerprint density at radius 1 is 1.28 bits per heavy atom. The maximum atomic E-state index is 6.13. The first-order valence-electron chi connectivity index (χ1n) is 8.04. The van der Waals surface area contributed by atoms with Crippen molar-refractivity contribution in [2.45, 2.75) is 18.9 Å². The largest absolute Gasteiger partial charge is 0.467 e. The molecule has 1 fully saturated rings. The quantitative estimate of drug-likeness (QED) is 0.681. The predicted octanol–water partition coefficient (Wildman–Crippen LogP) is 0.124. The van der Waals surface area contributed by atoms with Crippen molar-refractivity contribution in [3.8, 4) is 11.8 Å². The predicted molar refractivity (Wildman–Crippen MR) is 92.6 cm³/mol. The number of nitrogens with two attached hydrogens (primary N) is 2. The van der Waals surface area contributed by atoms with Gasteiger partial charge in [-0.15, -0.1) is 5.10 Å². The molecule has 10 heteroatoms. The molecule has 0 spiro atoms. The number of methoxy groups -OCH3 is 1. The molecule has 1 atom stereocenters. The summed E-state index contributed by atoms with van der Waals surface area (Å²) in [5.74, 6) is 1.65. The standard InChI is InChI=1S/C15H19N9O/c1-25-15-18-5-4-10(21-15)24-13-11(12(17)19-8-20-13)14(22-24)23-6-2-3-9(16)7-23/h4-5,8-9H,2-3,6-7,16H2,1H3,(H2,17,19,20)/t9-/m1/s1. The average molecular weight is 341 g/mol. The van der Waals surface area contributed by atoms with Gasteiger partial charge < -0.3 is 21.1 Å². The second-order valence-corrected chi connectivity index (χ2v) is 5.94. The summed E-state index contributed by atoms with van der Waals surface area (Å²) in [6.45, 7) is 1.58. The van der Waals surface area contributed by atoms with Gasteiger partial charge in [-0.1, -0.05) is 0 Å². The summed E-state index contributed by atoms with van der Waals surface area (Å²) < 4.78 is 6.73. The normalized spacial score (nSPS) is 17.8. The van der Waals surface area contributed by atoms with E-state index in [0.717, 1.165) is 25.2 Å². The lowest BCUT2D eigenvalue weighted by Crippen LogP contribution is -2.43. The summed E-state index contributed by atoms with van der Waals surface area (Å²) in [5.41, 5.74) is 12.8. The van der Waals surface area contributed by atoms with E-state index in [-0.39, 0.29) is 12.1 Å². The number of ether oxygens (including phenoxy) is 1. The summed E-state index contributed by atoms with van der Waals surface area (Å²) in [6, 6.07) is 2.10. The molecule has 1 aliphatic heterocycles. The fraction of sp³-hybridized carbons (Fsp3) is 0.400. The highest BCUT2D eigenvalue weighted by atomic mass is 16.5. The minimum absolute atomic E-state index is 0.110. The van der Waals surface area contributed by atoms with Gasteiger partial charge in [-0.2, -0.15) is 9.67 Å². The fourth-order valence-corrected chi connectivity index (χ4v) is 3.09. The van der Waals surface area contributed by atoms with Gasteiger partial charge in [0.15, 0.2) is 17.3 Å². The summed E-state index contributed by atoms with van der Waals surface area (Å²) in [4.78, 5) is 19.0. The molecule has 3 aromatic heterocycles. The van der Waals surface area contributed by atoms with Crippen molar-refractivity contribution >= 4 is 22.7 Å². The number of hydrogen-bond acceptors (Lipinski definition) is 9. The topological polar surface area (TPSA) is 134 Å². The zero-order valence-electron chi connectivity index (χ0n) is 13.8. The zero-order chi connectivity index (χ0) is 17.4. The van der Waals surface area contributed by atoms with Crippen LogP contribution in [0.25, 0.3) is 16.9 Å². The summed E-state index contributed by atoms with van der Waals surface area (Å²) >= 11 is 0. The Hall–Kier alpha value is -3.01. The van der Waals surface area contributed by atoms with E-state index in [4.69, 9.17) is 21.3 Å². The molecule has 0 unspecified atom stereocenters. The molecule has 1 saturated heterocycles. The lowest BCUT2D eigenvalue weighted by Gasteiger charge is -2.31. The molecule has 0 bridgehead atoms. The van der Waals surface area contributed by atoms with Gasteiger partial charge >= 0.3 is 6.01 Å². The average Bonchev–Trinajstić information content (AvgIpc) is 3.03. The molecule has 0 saturated carbocycles. The van der Waals surface area contributed by atoms with Crippen LogP contribution < -0.4 is 21.1 Å². The molecule has 0 radical (unpaired) electrons. The van der Waals surface area contributed by atoms with Gasteiger partial charge in [-0.05, 0) is 12.8 Å². The van der Waals surface area contributed by atoms with Crippen LogP contribution in [0.4, 0.5) is 11.6 Å². The number of rotatable bonds is 3. The molecule has 25 heavy (non-hydrogen) atoms. The van der Waals surface area contributed by atoms with Gasteiger partial charge in [0.1, 0.15) is 17.5 Å². The first-order chi connectivity index (χ1) is 12.2. The molecule has 0 aliphatic carbocycles. The molecule has 3 aromatic rings. The number of aromatic nitrogens is 6. The number of hydrogen-bond donors (Lipinski definition) is 2. The number of fused-ring (bicyclic) bond motifs is 1. The van der Waals surface area contributed by atoms with E-state index in [1.165, 1.54) is 13.4 Å². The van der Waals surface area contributed by atoms with Gasteiger partial charge in [0, 0.05) is 31.4 Å². The second kappa shape index (κ2) is 6.13. The maximum absolute atomic E-state index is 6.13.